The van der Waals surface area contributed by atoms with E-state index in [0.29, 0.717) is 0 Å². The van der Waals surface area contributed by atoms with Crippen molar-refractivity contribution in [2.24, 2.45) is 0 Å². The number of benzene rings is 1. The molecule has 3 N–H and O–H groups in total. The lowest BCUT2D eigenvalue weighted by atomic mass is 10.1. The van der Waals surface area contributed by atoms with Crippen molar-refractivity contribution >= 4 is 16.0 Å². The van der Waals surface area contributed by atoms with Crippen LogP contribution < -0.4 is 0 Å². The third kappa shape index (κ3) is 3.17. The molecule has 0 aliphatic rings. The van der Waals surface area contributed by atoms with E-state index in [1.54, 1.807) is 13.8 Å². The molecule has 8 heteroatoms. The summed E-state index contributed by atoms with van der Waals surface area (Å²) in [5.41, 5.74) is -1.32. The Labute approximate surface area is 123 Å². The number of likely N-dealkylation sites (N-methyl/N-ethyl adjacent to an activating group) is 1. The van der Waals surface area contributed by atoms with E-state index < -0.39 is 39.5 Å². The van der Waals surface area contributed by atoms with Crippen molar-refractivity contribution in [2.45, 2.75) is 31.2 Å². The molecular weight excluding hydrogens is 298 g/mol. The second kappa shape index (κ2) is 5.63. The van der Waals surface area contributed by atoms with Crippen molar-refractivity contribution in [3.8, 4) is 5.75 Å². The normalized spacial score (nSPS) is 12.7. The van der Waals surface area contributed by atoms with E-state index in [1.807, 2.05) is 0 Å². The first-order valence-electron chi connectivity index (χ1n) is 6.12. The van der Waals surface area contributed by atoms with E-state index in [0.717, 1.165) is 16.4 Å². The molecule has 0 atom stereocenters. The number of aryl methyl sites for hydroxylation is 1. The summed E-state index contributed by atoms with van der Waals surface area (Å²) in [6.45, 7) is 4.14. The Kier molecular flexibility index (Phi) is 4.66. The Morgan fingerprint density at radius 1 is 1.33 bits per heavy atom. The number of carboxylic acid groups (broad SMARTS) is 1. The molecule has 118 valence electrons. The van der Waals surface area contributed by atoms with Crippen molar-refractivity contribution in [1.82, 2.24) is 4.31 Å². The standard InChI is InChI=1S/C13H19NO6S/c1-8-5-10(16)9(12(17)18)6-11(8)21(19,20)14(4)13(2,3)7-15/h5-6,15-16H,7H2,1-4H3,(H,17,18). The Morgan fingerprint density at radius 3 is 2.29 bits per heavy atom. The molecule has 0 fully saturated rings. The number of aliphatic hydroxyl groups is 1. The molecule has 0 aliphatic heterocycles. The maximum Gasteiger partial charge on any atom is 0.339 e. The molecule has 0 saturated carbocycles. The molecule has 7 nitrogen and oxygen atoms in total. The fourth-order valence-electron chi connectivity index (χ4n) is 1.69. The third-order valence-electron chi connectivity index (χ3n) is 3.40. The molecule has 0 amide bonds. The number of rotatable bonds is 5. The van der Waals surface area contributed by atoms with Crippen LogP contribution in [0.1, 0.15) is 29.8 Å². The molecule has 0 saturated heterocycles. The van der Waals surface area contributed by atoms with Crippen molar-refractivity contribution in [2.75, 3.05) is 13.7 Å². The van der Waals surface area contributed by atoms with Crippen LogP contribution in [-0.2, 0) is 10.0 Å². The highest BCUT2D eigenvalue weighted by Crippen LogP contribution is 2.29. The van der Waals surface area contributed by atoms with Crippen molar-refractivity contribution in [3.63, 3.8) is 0 Å². The lowest BCUT2D eigenvalue weighted by Gasteiger charge is -2.33. The average Bonchev–Trinajstić information content (AvgIpc) is 2.36. The van der Waals surface area contributed by atoms with Gasteiger partial charge in [0.15, 0.2) is 0 Å². The lowest BCUT2D eigenvalue weighted by molar-refractivity contribution is 0.0693. The highest BCUT2D eigenvalue weighted by Gasteiger charge is 2.35. The number of phenols is 1. The number of sulfonamides is 1. The fourth-order valence-corrected chi connectivity index (χ4v) is 3.43. The molecule has 0 bridgehead atoms. The van der Waals surface area contributed by atoms with Crippen molar-refractivity contribution < 1.29 is 28.5 Å². The first kappa shape index (κ1) is 17.4. The smallest absolute Gasteiger partial charge is 0.339 e. The van der Waals surface area contributed by atoms with Gasteiger partial charge < -0.3 is 15.3 Å². The van der Waals surface area contributed by atoms with E-state index in [-0.39, 0.29) is 10.5 Å². The second-order valence-electron chi connectivity index (χ2n) is 5.38. The number of nitrogens with zero attached hydrogens (tertiary/aromatic N) is 1. The average molecular weight is 317 g/mol. The highest BCUT2D eigenvalue weighted by molar-refractivity contribution is 7.89. The van der Waals surface area contributed by atoms with Crippen LogP contribution in [0.5, 0.6) is 5.75 Å². The quantitative estimate of drug-likeness (QED) is 0.739. The first-order chi connectivity index (χ1) is 9.45. The van der Waals surface area contributed by atoms with Crippen LogP contribution in [0.25, 0.3) is 0 Å². The minimum Gasteiger partial charge on any atom is -0.507 e. The molecule has 1 aromatic rings. The predicted molar refractivity (Wildman–Crippen MR) is 75.9 cm³/mol. The Hall–Kier alpha value is -1.64. The zero-order valence-electron chi connectivity index (χ0n) is 12.3. The van der Waals surface area contributed by atoms with Gasteiger partial charge in [0.1, 0.15) is 11.3 Å². The first-order valence-corrected chi connectivity index (χ1v) is 7.56. The highest BCUT2D eigenvalue weighted by atomic mass is 32.2. The maximum absolute atomic E-state index is 12.6. The predicted octanol–water partition coefficient (Wildman–Crippen LogP) is 0.790. The van der Waals surface area contributed by atoms with Gasteiger partial charge in [0.05, 0.1) is 17.0 Å². The van der Waals surface area contributed by atoms with Crippen LogP contribution >= 0.6 is 0 Å². The third-order valence-corrected chi connectivity index (χ3v) is 5.61. The van der Waals surface area contributed by atoms with Crippen LogP contribution in [0, 0.1) is 6.92 Å². The van der Waals surface area contributed by atoms with Gasteiger partial charge in [-0.05, 0) is 38.5 Å². The molecule has 0 unspecified atom stereocenters. The molecule has 0 aromatic heterocycles. The monoisotopic (exact) mass is 317 g/mol. The van der Waals surface area contributed by atoms with E-state index in [9.17, 15) is 23.4 Å². The van der Waals surface area contributed by atoms with Crippen LogP contribution in [0.15, 0.2) is 17.0 Å². The Balaban J connectivity index is 3.52. The summed E-state index contributed by atoms with van der Waals surface area (Å²) in [5.74, 6) is -1.92. The number of aromatic carboxylic acids is 1. The summed E-state index contributed by atoms with van der Waals surface area (Å²) in [6, 6.07) is 2.02. The van der Waals surface area contributed by atoms with Crippen molar-refractivity contribution in [1.29, 1.82) is 0 Å². The molecule has 1 aromatic carbocycles. The van der Waals surface area contributed by atoms with Gasteiger partial charge in [-0.2, -0.15) is 4.31 Å². The van der Waals surface area contributed by atoms with Crippen molar-refractivity contribution in [3.05, 3.63) is 23.3 Å². The minimum atomic E-state index is -4.01. The zero-order chi connectivity index (χ0) is 16.6. The van der Waals surface area contributed by atoms with E-state index in [1.165, 1.54) is 14.0 Å². The van der Waals surface area contributed by atoms with E-state index >= 15 is 0 Å². The van der Waals surface area contributed by atoms with Gasteiger partial charge in [-0.3, -0.25) is 0 Å². The number of carbonyl (C=O) groups is 1. The van der Waals surface area contributed by atoms with Gasteiger partial charge in [0.25, 0.3) is 0 Å². The largest absolute Gasteiger partial charge is 0.507 e. The second-order valence-corrected chi connectivity index (χ2v) is 7.32. The molecule has 21 heavy (non-hydrogen) atoms. The number of aliphatic hydroxyl groups excluding tert-OH is 1. The van der Waals surface area contributed by atoms with Crippen LogP contribution in [-0.4, -0.2) is 53.2 Å². The van der Waals surface area contributed by atoms with E-state index in [2.05, 4.69) is 0 Å². The summed E-state index contributed by atoms with van der Waals surface area (Å²) in [6.07, 6.45) is 0. The number of carboxylic acids is 1. The summed E-state index contributed by atoms with van der Waals surface area (Å²) in [4.78, 5) is 10.8. The fraction of sp³-hybridized carbons (Fsp3) is 0.462. The van der Waals surface area contributed by atoms with Gasteiger partial charge in [-0.15, -0.1) is 0 Å². The number of aromatic hydroxyl groups is 1. The molecule has 1 rings (SSSR count). The van der Waals surface area contributed by atoms with Gasteiger partial charge in [0, 0.05) is 7.05 Å². The Morgan fingerprint density at radius 2 is 1.86 bits per heavy atom. The Bertz CT molecular complexity index is 665. The molecule has 0 aliphatic carbocycles. The van der Waals surface area contributed by atoms with Crippen LogP contribution in [0.3, 0.4) is 0 Å². The van der Waals surface area contributed by atoms with Gasteiger partial charge in [0.2, 0.25) is 10.0 Å². The summed E-state index contributed by atoms with van der Waals surface area (Å²) >= 11 is 0. The lowest BCUT2D eigenvalue weighted by Crippen LogP contribution is -2.47. The molecule has 0 heterocycles. The number of hydrogen-bond acceptors (Lipinski definition) is 5. The minimum absolute atomic E-state index is 0.220. The SMILES string of the molecule is Cc1cc(O)c(C(=O)O)cc1S(=O)(=O)N(C)C(C)(C)CO. The zero-order valence-corrected chi connectivity index (χ0v) is 13.1. The maximum atomic E-state index is 12.6. The van der Waals surface area contributed by atoms with Crippen LogP contribution in [0.4, 0.5) is 0 Å². The summed E-state index contributed by atoms with van der Waals surface area (Å²) in [5, 5.41) is 27.8. The summed E-state index contributed by atoms with van der Waals surface area (Å²) < 4.78 is 26.1. The van der Waals surface area contributed by atoms with Crippen LogP contribution in [0.2, 0.25) is 0 Å². The van der Waals surface area contributed by atoms with Gasteiger partial charge >= 0.3 is 5.97 Å². The number of hydrogen-bond donors (Lipinski definition) is 3. The van der Waals surface area contributed by atoms with Gasteiger partial charge in [-0.1, -0.05) is 0 Å². The van der Waals surface area contributed by atoms with Gasteiger partial charge in [-0.25, -0.2) is 13.2 Å². The molecule has 0 spiro atoms. The molecular formula is C13H19NO6S. The van der Waals surface area contributed by atoms with E-state index in [4.69, 9.17) is 5.11 Å². The topological polar surface area (TPSA) is 115 Å². The molecule has 0 radical (unpaired) electrons. The summed E-state index contributed by atoms with van der Waals surface area (Å²) in [7, 11) is -2.71.